The van der Waals surface area contributed by atoms with Crippen LogP contribution in [0, 0.1) is 0 Å². The smallest absolute Gasteiger partial charge is 0.327 e. The van der Waals surface area contributed by atoms with E-state index in [1.165, 1.54) is 22.7 Å². The topological polar surface area (TPSA) is 109 Å². The van der Waals surface area contributed by atoms with E-state index in [1.807, 2.05) is 30.3 Å². The number of amides is 2. The van der Waals surface area contributed by atoms with Crippen molar-refractivity contribution in [3.63, 3.8) is 0 Å². The molecule has 2 N–H and O–H groups in total. The van der Waals surface area contributed by atoms with Crippen LogP contribution in [0.3, 0.4) is 0 Å². The molecule has 0 saturated carbocycles. The van der Waals surface area contributed by atoms with Crippen molar-refractivity contribution in [3.05, 3.63) is 54.4 Å². The van der Waals surface area contributed by atoms with Crippen molar-refractivity contribution in [2.45, 2.75) is 36.1 Å². The molecule has 2 aliphatic heterocycles. The minimum Gasteiger partial charge on any atom is -0.480 e. The van der Waals surface area contributed by atoms with Gasteiger partial charge in [-0.25, -0.2) is 4.79 Å². The molecule has 1 aromatic carbocycles. The second-order valence-corrected chi connectivity index (χ2v) is 9.25. The Balaban J connectivity index is 1.51. The highest BCUT2D eigenvalue weighted by molar-refractivity contribution is 8.01. The summed E-state index contributed by atoms with van der Waals surface area (Å²) in [5.41, 5.74) is 0.914. The van der Waals surface area contributed by atoms with Gasteiger partial charge < -0.3 is 19.9 Å². The molecule has 0 spiro atoms. The van der Waals surface area contributed by atoms with Gasteiger partial charge >= 0.3 is 5.97 Å². The van der Waals surface area contributed by atoms with Gasteiger partial charge in [-0.05, 0) is 38.1 Å². The SMILES string of the molecule is CC1(C)S[C@@H]2[C@H](NC(=O)C(=O)c3cccn3-c3ccccc3)C(=O)N2[C@H]1C(=O)O. The number of carboxylic acids is 1. The lowest BCUT2D eigenvalue weighted by Crippen LogP contribution is -2.71. The highest BCUT2D eigenvalue weighted by Crippen LogP contribution is 2.50. The van der Waals surface area contributed by atoms with Gasteiger partial charge in [0.1, 0.15) is 17.5 Å². The van der Waals surface area contributed by atoms with Gasteiger partial charge in [0, 0.05) is 16.6 Å². The molecule has 1 aromatic heterocycles. The normalized spacial score (nSPS) is 24.6. The number of nitrogens with one attached hydrogen (secondary N) is 1. The van der Waals surface area contributed by atoms with E-state index in [9.17, 15) is 24.3 Å². The number of carbonyl (C=O) groups is 4. The molecule has 2 fully saturated rings. The standard InChI is InChI=1S/C20H19N3O5S/c1-20(2)15(19(27)28)23-17(26)13(18(23)29-20)21-16(25)14(24)12-9-6-10-22(12)11-7-4-3-5-8-11/h3-10,13,15,18H,1-2H3,(H,21,25)(H,27,28)/t13-,15+,18-/m1/s1. The Labute approximate surface area is 170 Å². The summed E-state index contributed by atoms with van der Waals surface area (Å²) in [5, 5.41) is 11.4. The predicted molar refractivity (Wildman–Crippen MR) is 106 cm³/mol. The quantitative estimate of drug-likeness (QED) is 0.434. The molecule has 2 aromatic rings. The van der Waals surface area contributed by atoms with E-state index < -0.39 is 45.8 Å². The van der Waals surface area contributed by atoms with Crippen LogP contribution in [0.25, 0.3) is 5.69 Å². The van der Waals surface area contributed by atoms with Gasteiger partial charge in [-0.3, -0.25) is 14.4 Å². The fourth-order valence-electron chi connectivity index (χ4n) is 3.85. The molecule has 29 heavy (non-hydrogen) atoms. The molecule has 2 saturated heterocycles. The molecular formula is C20H19N3O5S. The summed E-state index contributed by atoms with van der Waals surface area (Å²) in [6.07, 6.45) is 1.68. The molecule has 2 aliphatic rings. The molecule has 0 unspecified atom stereocenters. The number of β-lactam (4-membered cyclic amide) rings is 1. The lowest BCUT2D eigenvalue weighted by atomic mass is 9.96. The van der Waals surface area contributed by atoms with Gasteiger partial charge in [0.2, 0.25) is 5.91 Å². The maximum atomic E-state index is 12.7. The van der Waals surface area contributed by atoms with Crippen molar-refractivity contribution >= 4 is 35.3 Å². The highest BCUT2D eigenvalue weighted by atomic mass is 32.2. The third-order valence-electron chi connectivity index (χ3n) is 5.18. The number of para-hydroxylation sites is 1. The number of carbonyl (C=O) groups excluding carboxylic acids is 3. The highest BCUT2D eigenvalue weighted by Gasteiger charge is 2.64. The van der Waals surface area contributed by atoms with Crippen LogP contribution < -0.4 is 5.32 Å². The van der Waals surface area contributed by atoms with Crippen LogP contribution in [-0.2, 0) is 14.4 Å². The van der Waals surface area contributed by atoms with Crippen LogP contribution in [0.5, 0.6) is 0 Å². The summed E-state index contributed by atoms with van der Waals surface area (Å²) in [6.45, 7) is 3.50. The second-order valence-electron chi connectivity index (χ2n) is 7.48. The second kappa shape index (κ2) is 6.77. The number of carboxylic acid groups (broad SMARTS) is 1. The van der Waals surface area contributed by atoms with Gasteiger partial charge in [-0.1, -0.05) is 18.2 Å². The monoisotopic (exact) mass is 413 g/mol. The zero-order chi connectivity index (χ0) is 20.9. The average Bonchev–Trinajstić information content (AvgIpc) is 3.26. The number of fused-ring (bicyclic) bond motifs is 1. The first kappa shape index (κ1) is 19.3. The molecule has 150 valence electrons. The number of hydrogen-bond acceptors (Lipinski definition) is 5. The number of aliphatic carboxylic acids is 1. The first-order valence-corrected chi connectivity index (χ1v) is 9.91. The number of aromatic nitrogens is 1. The van der Waals surface area contributed by atoms with E-state index in [4.69, 9.17) is 0 Å². The van der Waals surface area contributed by atoms with Crippen molar-refractivity contribution in [3.8, 4) is 5.69 Å². The van der Waals surface area contributed by atoms with Gasteiger partial charge in [-0.2, -0.15) is 0 Å². The van der Waals surface area contributed by atoms with Crippen molar-refractivity contribution in [1.82, 2.24) is 14.8 Å². The van der Waals surface area contributed by atoms with Crippen LogP contribution >= 0.6 is 11.8 Å². The predicted octanol–water partition coefficient (Wildman–Crippen LogP) is 1.29. The summed E-state index contributed by atoms with van der Waals surface area (Å²) < 4.78 is 0.905. The Hall–Kier alpha value is -3.07. The number of thioether (sulfide) groups is 1. The van der Waals surface area contributed by atoms with E-state index in [-0.39, 0.29) is 5.69 Å². The van der Waals surface area contributed by atoms with Crippen LogP contribution in [0.2, 0.25) is 0 Å². The summed E-state index contributed by atoms with van der Waals surface area (Å²) >= 11 is 1.31. The number of nitrogens with zero attached hydrogens (tertiary/aromatic N) is 2. The first-order chi connectivity index (χ1) is 13.7. The van der Waals surface area contributed by atoms with Crippen LogP contribution in [0.1, 0.15) is 24.3 Å². The average molecular weight is 413 g/mol. The van der Waals surface area contributed by atoms with E-state index >= 15 is 0 Å². The Morgan fingerprint density at radius 1 is 1.10 bits per heavy atom. The van der Waals surface area contributed by atoms with Crippen LogP contribution in [0.15, 0.2) is 48.7 Å². The van der Waals surface area contributed by atoms with Crippen LogP contribution in [0.4, 0.5) is 0 Å². The van der Waals surface area contributed by atoms with Gasteiger partial charge in [0.15, 0.2) is 0 Å². The Morgan fingerprint density at radius 3 is 2.45 bits per heavy atom. The van der Waals surface area contributed by atoms with Gasteiger partial charge in [0.25, 0.3) is 11.7 Å². The van der Waals surface area contributed by atoms with Crippen molar-refractivity contribution in [1.29, 1.82) is 0 Å². The zero-order valence-corrected chi connectivity index (χ0v) is 16.6. The van der Waals surface area contributed by atoms with Crippen molar-refractivity contribution < 1.29 is 24.3 Å². The lowest BCUT2D eigenvalue weighted by Gasteiger charge is -2.43. The Kier molecular flexibility index (Phi) is 4.49. The molecule has 0 bridgehead atoms. The lowest BCUT2D eigenvalue weighted by molar-refractivity contribution is -0.160. The first-order valence-electron chi connectivity index (χ1n) is 9.03. The Bertz CT molecular complexity index is 1020. The molecule has 0 radical (unpaired) electrons. The van der Waals surface area contributed by atoms with E-state index in [0.29, 0.717) is 0 Å². The number of ketones is 1. The van der Waals surface area contributed by atoms with Crippen molar-refractivity contribution in [2.24, 2.45) is 0 Å². The fraction of sp³-hybridized carbons (Fsp3) is 0.300. The largest absolute Gasteiger partial charge is 0.480 e. The number of rotatable bonds is 5. The minimum atomic E-state index is -1.08. The van der Waals surface area contributed by atoms with E-state index in [1.54, 1.807) is 30.7 Å². The molecule has 9 heteroatoms. The summed E-state index contributed by atoms with van der Waals surface area (Å²) in [6, 6.07) is 10.4. The van der Waals surface area contributed by atoms with E-state index in [2.05, 4.69) is 5.32 Å². The summed E-state index contributed by atoms with van der Waals surface area (Å²) in [5.74, 6) is -3.22. The number of benzene rings is 1. The molecule has 4 rings (SSSR count). The number of Topliss-reactive ketones (excluding diaryl/α,β-unsaturated/α-hetero) is 1. The summed E-state index contributed by atoms with van der Waals surface area (Å²) in [7, 11) is 0. The molecule has 8 nitrogen and oxygen atoms in total. The maximum Gasteiger partial charge on any atom is 0.327 e. The summed E-state index contributed by atoms with van der Waals surface area (Å²) in [4.78, 5) is 50.6. The minimum absolute atomic E-state index is 0.181. The zero-order valence-electron chi connectivity index (χ0n) is 15.7. The third-order valence-corrected chi connectivity index (χ3v) is 6.76. The van der Waals surface area contributed by atoms with E-state index in [0.717, 1.165) is 5.69 Å². The van der Waals surface area contributed by atoms with Gasteiger partial charge in [0.05, 0.1) is 5.69 Å². The molecular weight excluding hydrogens is 394 g/mol. The fourth-order valence-corrected chi connectivity index (χ4v) is 5.47. The molecule has 3 heterocycles. The molecule has 0 aliphatic carbocycles. The third kappa shape index (κ3) is 3.02. The van der Waals surface area contributed by atoms with Gasteiger partial charge in [-0.15, -0.1) is 11.8 Å². The maximum absolute atomic E-state index is 12.7. The molecule has 2 amide bonds. The van der Waals surface area contributed by atoms with Crippen LogP contribution in [-0.4, -0.2) is 60.3 Å². The Morgan fingerprint density at radius 2 is 1.79 bits per heavy atom. The molecule has 3 atom stereocenters. The van der Waals surface area contributed by atoms with Crippen molar-refractivity contribution in [2.75, 3.05) is 0 Å². The number of hydrogen-bond donors (Lipinski definition) is 2.